The molecule has 0 atom stereocenters. The molecule has 2 aromatic rings. The first kappa shape index (κ1) is 12.2. The minimum atomic E-state index is 0.241. The zero-order valence-electron chi connectivity index (χ0n) is 11.1. The SMILES string of the molecule is CCCN1CCc2c(nn(-c3ccccn3)c2O)C1. The molecule has 5 nitrogen and oxygen atoms in total. The number of nitrogens with zero attached hydrogens (tertiary/aromatic N) is 4. The molecule has 1 N–H and O–H groups in total. The highest BCUT2D eigenvalue weighted by molar-refractivity contribution is 5.38. The number of hydrogen-bond acceptors (Lipinski definition) is 4. The van der Waals surface area contributed by atoms with Gasteiger partial charge in [-0.05, 0) is 31.5 Å². The van der Waals surface area contributed by atoms with Crippen LogP contribution >= 0.6 is 0 Å². The summed E-state index contributed by atoms with van der Waals surface area (Å²) in [5.74, 6) is 0.904. The molecule has 0 aromatic carbocycles. The second-order valence-electron chi connectivity index (χ2n) is 4.87. The van der Waals surface area contributed by atoms with E-state index in [9.17, 15) is 5.11 Å². The fourth-order valence-corrected chi connectivity index (χ4v) is 2.58. The van der Waals surface area contributed by atoms with E-state index in [2.05, 4.69) is 21.9 Å². The Bertz CT molecular complexity index is 564. The highest BCUT2D eigenvalue weighted by Gasteiger charge is 2.24. The molecular weight excluding hydrogens is 240 g/mol. The van der Waals surface area contributed by atoms with Crippen molar-refractivity contribution in [3.05, 3.63) is 35.7 Å². The molecule has 0 aliphatic carbocycles. The fraction of sp³-hybridized carbons (Fsp3) is 0.429. The van der Waals surface area contributed by atoms with Crippen LogP contribution in [0.3, 0.4) is 0 Å². The van der Waals surface area contributed by atoms with E-state index < -0.39 is 0 Å². The summed E-state index contributed by atoms with van der Waals surface area (Å²) in [7, 11) is 0. The number of aromatic nitrogens is 3. The molecule has 3 rings (SSSR count). The number of aromatic hydroxyl groups is 1. The van der Waals surface area contributed by atoms with E-state index in [0.717, 1.165) is 43.7 Å². The van der Waals surface area contributed by atoms with E-state index in [1.807, 2.05) is 18.2 Å². The van der Waals surface area contributed by atoms with E-state index in [1.54, 1.807) is 10.9 Å². The van der Waals surface area contributed by atoms with Gasteiger partial charge in [-0.25, -0.2) is 4.98 Å². The molecular formula is C14H18N4O. The molecule has 1 aliphatic heterocycles. The van der Waals surface area contributed by atoms with Crippen molar-refractivity contribution >= 4 is 0 Å². The van der Waals surface area contributed by atoms with Gasteiger partial charge in [-0.3, -0.25) is 4.90 Å². The van der Waals surface area contributed by atoms with Gasteiger partial charge in [-0.15, -0.1) is 0 Å². The molecule has 19 heavy (non-hydrogen) atoms. The summed E-state index contributed by atoms with van der Waals surface area (Å²) < 4.78 is 1.54. The number of fused-ring (bicyclic) bond motifs is 1. The predicted molar refractivity (Wildman–Crippen MR) is 72.3 cm³/mol. The zero-order valence-corrected chi connectivity index (χ0v) is 11.1. The summed E-state index contributed by atoms with van der Waals surface area (Å²) in [6.45, 7) is 5.06. The lowest BCUT2D eigenvalue weighted by Crippen LogP contribution is -2.30. The van der Waals surface area contributed by atoms with Crippen LogP contribution in [0.15, 0.2) is 24.4 Å². The van der Waals surface area contributed by atoms with Gasteiger partial charge in [-0.2, -0.15) is 9.78 Å². The molecule has 0 amide bonds. The van der Waals surface area contributed by atoms with E-state index in [1.165, 1.54) is 0 Å². The molecule has 1 aliphatic rings. The smallest absolute Gasteiger partial charge is 0.219 e. The van der Waals surface area contributed by atoms with Gasteiger partial charge in [0, 0.05) is 24.8 Å². The van der Waals surface area contributed by atoms with Gasteiger partial charge in [-0.1, -0.05) is 13.0 Å². The van der Waals surface area contributed by atoms with E-state index in [4.69, 9.17) is 0 Å². The number of pyridine rings is 1. The molecule has 0 saturated heterocycles. The molecule has 0 unspecified atom stereocenters. The molecule has 0 fully saturated rings. The van der Waals surface area contributed by atoms with E-state index in [0.29, 0.717) is 5.82 Å². The Kier molecular flexibility index (Phi) is 3.21. The molecule has 0 bridgehead atoms. The number of hydrogen-bond donors (Lipinski definition) is 1. The van der Waals surface area contributed by atoms with E-state index >= 15 is 0 Å². The van der Waals surface area contributed by atoms with Gasteiger partial charge >= 0.3 is 0 Å². The van der Waals surface area contributed by atoms with Crippen LogP contribution in [0.2, 0.25) is 0 Å². The third kappa shape index (κ3) is 2.21. The highest BCUT2D eigenvalue weighted by Crippen LogP contribution is 2.28. The molecule has 2 aromatic heterocycles. The summed E-state index contributed by atoms with van der Waals surface area (Å²) in [5.41, 5.74) is 1.95. The Morgan fingerprint density at radius 3 is 3.00 bits per heavy atom. The molecule has 5 heteroatoms. The summed E-state index contributed by atoms with van der Waals surface area (Å²) in [4.78, 5) is 6.61. The van der Waals surface area contributed by atoms with Crippen LogP contribution in [0, 0.1) is 0 Å². The van der Waals surface area contributed by atoms with Crippen molar-refractivity contribution in [1.82, 2.24) is 19.7 Å². The monoisotopic (exact) mass is 258 g/mol. The Balaban J connectivity index is 1.94. The molecule has 3 heterocycles. The second-order valence-corrected chi connectivity index (χ2v) is 4.87. The molecule has 0 saturated carbocycles. The van der Waals surface area contributed by atoms with Crippen molar-refractivity contribution in [1.29, 1.82) is 0 Å². The van der Waals surface area contributed by atoms with Crippen molar-refractivity contribution < 1.29 is 5.11 Å². The van der Waals surface area contributed by atoms with Crippen LogP contribution < -0.4 is 0 Å². The van der Waals surface area contributed by atoms with Crippen molar-refractivity contribution in [3.8, 4) is 11.7 Å². The maximum Gasteiger partial charge on any atom is 0.219 e. The summed E-state index contributed by atoms with van der Waals surface area (Å²) in [5, 5.41) is 14.8. The Morgan fingerprint density at radius 2 is 2.26 bits per heavy atom. The highest BCUT2D eigenvalue weighted by atomic mass is 16.3. The second kappa shape index (κ2) is 5.01. The zero-order chi connectivity index (χ0) is 13.2. The average Bonchev–Trinajstić information content (AvgIpc) is 2.77. The summed E-state index contributed by atoms with van der Waals surface area (Å²) in [6, 6.07) is 5.60. The Morgan fingerprint density at radius 1 is 1.37 bits per heavy atom. The van der Waals surface area contributed by atoms with Crippen LogP contribution in [0.5, 0.6) is 5.88 Å². The first-order valence-electron chi connectivity index (χ1n) is 6.73. The third-order valence-corrected chi connectivity index (χ3v) is 3.50. The van der Waals surface area contributed by atoms with Gasteiger partial charge < -0.3 is 5.11 Å². The average molecular weight is 258 g/mol. The largest absolute Gasteiger partial charge is 0.493 e. The minimum absolute atomic E-state index is 0.241. The lowest BCUT2D eigenvalue weighted by molar-refractivity contribution is 0.250. The lowest BCUT2D eigenvalue weighted by Gasteiger charge is -2.24. The maximum atomic E-state index is 10.3. The molecule has 0 radical (unpaired) electrons. The van der Waals surface area contributed by atoms with Crippen molar-refractivity contribution in [2.45, 2.75) is 26.3 Å². The summed E-state index contributed by atoms with van der Waals surface area (Å²) >= 11 is 0. The van der Waals surface area contributed by atoms with Crippen LogP contribution in [-0.4, -0.2) is 37.9 Å². The maximum absolute atomic E-state index is 10.3. The minimum Gasteiger partial charge on any atom is -0.493 e. The van der Waals surface area contributed by atoms with Crippen molar-refractivity contribution in [2.24, 2.45) is 0 Å². The normalized spacial score (nSPS) is 15.4. The number of rotatable bonds is 3. The van der Waals surface area contributed by atoms with Gasteiger partial charge in [0.1, 0.15) is 0 Å². The van der Waals surface area contributed by atoms with E-state index in [-0.39, 0.29) is 5.88 Å². The van der Waals surface area contributed by atoms with Crippen LogP contribution in [0.4, 0.5) is 0 Å². The predicted octanol–water partition coefficient (Wildman–Crippen LogP) is 1.74. The van der Waals surface area contributed by atoms with Crippen LogP contribution in [0.1, 0.15) is 24.6 Å². The molecule has 0 spiro atoms. The van der Waals surface area contributed by atoms with Crippen LogP contribution in [-0.2, 0) is 13.0 Å². The van der Waals surface area contributed by atoms with Gasteiger partial charge in [0.2, 0.25) is 5.88 Å². The standard InChI is InChI=1S/C14H18N4O/c1-2-8-17-9-6-11-12(10-17)16-18(14(11)19)13-5-3-4-7-15-13/h3-5,7,19H,2,6,8-10H2,1H3. The third-order valence-electron chi connectivity index (χ3n) is 3.50. The quantitative estimate of drug-likeness (QED) is 0.911. The lowest BCUT2D eigenvalue weighted by atomic mass is 10.1. The molecule has 100 valence electrons. The summed E-state index contributed by atoms with van der Waals surface area (Å²) in [6.07, 6.45) is 3.70. The van der Waals surface area contributed by atoms with Crippen molar-refractivity contribution in [2.75, 3.05) is 13.1 Å². The van der Waals surface area contributed by atoms with Crippen molar-refractivity contribution in [3.63, 3.8) is 0 Å². The first-order valence-corrected chi connectivity index (χ1v) is 6.73. The Labute approximate surface area is 112 Å². The van der Waals surface area contributed by atoms with Gasteiger partial charge in [0.15, 0.2) is 5.82 Å². The van der Waals surface area contributed by atoms with Gasteiger partial charge in [0.25, 0.3) is 0 Å². The topological polar surface area (TPSA) is 54.2 Å². The first-order chi connectivity index (χ1) is 9.29. The van der Waals surface area contributed by atoms with Crippen LogP contribution in [0.25, 0.3) is 5.82 Å². The fourth-order valence-electron chi connectivity index (χ4n) is 2.58. The Hall–Kier alpha value is -1.88. The van der Waals surface area contributed by atoms with Gasteiger partial charge in [0.05, 0.1) is 5.69 Å².